The van der Waals surface area contributed by atoms with Crippen molar-refractivity contribution in [3.63, 3.8) is 0 Å². The number of para-hydroxylation sites is 2. The molecule has 6 nitrogen and oxygen atoms in total. The molecular weight excluding hydrogens is 340 g/mol. The van der Waals surface area contributed by atoms with E-state index in [1.807, 2.05) is 38.1 Å². The van der Waals surface area contributed by atoms with E-state index in [-0.39, 0.29) is 12.0 Å². The first kappa shape index (κ1) is 19.1. The summed E-state index contributed by atoms with van der Waals surface area (Å²) in [6.07, 6.45) is 7.91. The fourth-order valence-electron chi connectivity index (χ4n) is 3.40. The molecule has 1 N–H and O–H groups in total. The number of benzene rings is 1. The lowest BCUT2D eigenvalue weighted by Gasteiger charge is -2.35. The minimum atomic E-state index is -0.243. The van der Waals surface area contributed by atoms with Gasteiger partial charge in [0.1, 0.15) is 5.75 Å². The lowest BCUT2D eigenvalue weighted by atomic mass is 10.0. The fraction of sp³-hybridized carbons (Fsp3) is 0.476. The second-order valence-electron chi connectivity index (χ2n) is 7.14. The third-order valence-electron chi connectivity index (χ3n) is 4.75. The molecule has 1 aliphatic heterocycles. The van der Waals surface area contributed by atoms with Crippen molar-refractivity contribution in [3.8, 4) is 5.75 Å². The Labute approximate surface area is 161 Å². The highest BCUT2D eigenvalue weighted by molar-refractivity contribution is 6.04. The molecule has 2 heterocycles. The molecule has 1 aliphatic rings. The molecule has 1 amide bonds. The standard InChI is InChI=1S/C21H28N4O2/c1-4-17-9-7-8-12-25(17)21-22-13-16(14-23-21)20(26)24-18-10-5-6-11-19(18)27-15(2)3/h5-6,10-11,13-15,17H,4,7-9,12H2,1-3H3,(H,24,26). The Morgan fingerprint density at radius 3 is 2.70 bits per heavy atom. The van der Waals surface area contributed by atoms with Crippen molar-refractivity contribution in [3.05, 3.63) is 42.2 Å². The summed E-state index contributed by atoms with van der Waals surface area (Å²) in [6.45, 7) is 7.08. The maximum atomic E-state index is 12.6. The molecule has 27 heavy (non-hydrogen) atoms. The Morgan fingerprint density at radius 2 is 2.00 bits per heavy atom. The van der Waals surface area contributed by atoms with Crippen LogP contribution in [0.25, 0.3) is 0 Å². The minimum Gasteiger partial charge on any atom is -0.489 e. The van der Waals surface area contributed by atoms with E-state index in [1.54, 1.807) is 12.4 Å². The van der Waals surface area contributed by atoms with Crippen molar-refractivity contribution in [2.24, 2.45) is 0 Å². The number of nitrogens with one attached hydrogen (secondary N) is 1. The number of amides is 1. The van der Waals surface area contributed by atoms with Gasteiger partial charge in [0.15, 0.2) is 0 Å². The number of nitrogens with zero attached hydrogens (tertiary/aromatic N) is 3. The Kier molecular flexibility index (Phi) is 6.27. The van der Waals surface area contributed by atoms with E-state index in [2.05, 4.69) is 27.1 Å². The second kappa shape index (κ2) is 8.84. The summed E-state index contributed by atoms with van der Waals surface area (Å²) in [4.78, 5) is 23.8. The molecule has 144 valence electrons. The molecule has 3 rings (SSSR count). The number of hydrogen-bond donors (Lipinski definition) is 1. The molecule has 2 aromatic rings. The largest absolute Gasteiger partial charge is 0.489 e. The Balaban J connectivity index is 1.71. The summed E-state index contributed by atoms with van der Waals surface area (Å²) >= 11 is 0. The van der Waals surface area contributed by atoms with Gasteiger partial charge in [0.2, 0.25) is 5.95 Å². The first-order valence-corrected chi connectivity index (χ1v) is 9.74. The van der Waals surface area contributed by atoms with Crippen LogP contribution in [0, 0.1) is 0 Å². The monoisotopic (exact) mass is 368 g/mol. The summed E-state index contributed by atoms with van der Waals surface area (Å²) < 4.78 is 5.75. The van der Waals surface area contributed by atoms with Crippen molar-refractivity contribution >= 4 is 17.5 Å². The minimum absolute atomic E-state index is 0.0294. The van der Waals surface area contributed by atoms with Gasteiger partial charge in [-0.15, -0.1) is 0 Å². The first-order chi connectivity index (χ1) is 13.1. The molecule has 1 aromatic heterocycles. The van der Waals surface area contributed by atoms with Gasteiger partial charge in [-0.05, 0) is 51.7 Å². The van der Waals surface area contributed by atoms with E-state index in [9.17, 15) is 4.79 Å². The van der Waals surface area contributed by atoms with E-state index in [0.29, 0.717) is 29.0 Å². The molecule has 0 saturated carbocycles. The van der Waals surface area contributed by atoms with Crippen LogP contribution < -0.4 is 15.0 Å². The van der Waals surface area contributed by atoms with Crippen LogP contribution >= 0.6 is 0 Å². The molecule has 0 radical (unpaired) electrons. The van der Waals surface area contributed by atoms with Gasteiger partial charge in [-0.25, -0.2) is 9.97 Å². The van der Waals surface area contributed by atoms with Gasteiger partial charge in [0.25, 0.3) is 5.91 Å². The highest BCUT2D eigenvalue weighted by atomic mass is 16.5. The normalized spacial score (nSPS) is 17.0. The zero-order valence-electron chi connectivity index (χ0n) is 16.3. The smallest absolute Gasteiger partial charge is 0.258 e. The number of hydrogen-bond acceptors (Lipinski definition) is 5. The number of aromatic nitrogens is 2. The van der Waals surface area contributed by atoms with Gasteiger partial charge in [-0.2, -0.15) is 0 Å². The van der Waals surface area contributed by atoms with Crippen LogP contribution in [-0.4, -0.2) is 34.6 Å². The maximum Gasteiger partial charge on any atom is 0.258 e. The van der Waals surface area contributed by atoms with Crippen molar-refractivity contribution < 1.29 is 9.53 Å². The van der Waals surface area contributed by atoms with Crippen LogP contribution in [0.3, 0.4) is 0 Å². The summed E-state index contributed by atoms with van der Waals surface area (Å²) in [7, 11) is 0. The summed E-state index contributed by atoms with van der Waals surface area (Å²) in [5, 5.41) is 2.89. The third kappa shape index (κ3) is 4.76. The van der Waals surface area contributed by atoms with Crippen molar-refractivity contribution in [1.82, 2.24) is 9.97 Å². The van der Waals surface area contributed by atoms with Gasteiger partial charge in [0, 0.05) is 25.0 Å². The zero-order valence-corrected chi connectivity index (χ0v) is 16.3. The molecule has 0 spiro atoms. The van der Waals surface area contributed by atoms with E-state index in [4.69, 9.17) is 4.74 Å². The number of carbonyl (C=O) groups excluding carboxylic acids is 1. The Hall–Kier alpha value is -2.63. The number of ether oxygens (including phenoxy) is 1. The maximum absolute atomic E-state index is 12.6. The molecule has 1 saturated heterocycles. The van der Waals surface area contributed by atoms with E-state index in [1.165, 1.54) is 12.8 Å². The van der Waals surface area contributed by atoms with Gasteiger partial charge in [-0.1, -0.05) is 19.1 Å². The number of piperidine rings is 1. The van der Waals surface area contributed by atoms with Crippen LogP contribution in [-0.2, 0) is 0 Å². The molecule has 0 aliphatic carbocycles. The lowest BCUT2D eigenvalue weighted by molar-refractivity contribution is 0.102. The van der Waals surface area contributed by atoms with Gasteiger partial charge in [0.05, 0.1) is 17.4 Å². The molecule has 1 atom stereocenters. The van der Waals surface area contributed by atoms with Gasteiger partial charge in [-0.3, -0.25) is 4.79 Å². The van der Waals surface area contributed by atoms with Crippen molar-refractivity contribution in [1.29, 1.82) is 0 Å². The quantitative estimate of drug-likeness (QED) is 0.824. The Morgan fingerprint density at radius 1 is 1.26 bits per heavy atom. The summed E-state index contributed by atoms with van der Waals surface area (Å²) in [5.74, 6) is 1.12. The van der Waals surface area contributed by atoms with Crippen molar-refractivity contribution in [2.75, 3.05) is 16.8 Å². The third-order valence-corrected chi connectivity index (χ3v) is 4.75. The fourth-order valence-corrected chi connectivity index (χ4v) is 3.40. The molecule has 1 unspecified atom stereocenters. The van der Waals surface area contributed by atoms with Crippen molar-refractivity contribution in [2.45, 2.75) is 58.6 Å². The highest BCUT2D eigenvalue weighted by Gasteiger charge is 2.23. The number of rotatable bonds is 6. The second-order valence-corrected chi connectivity index (χ2v) is 7.14. The number of anilines is 2. The molecule has 6 heteroatoms. The van der Waals surface area contributed by atoms with Gasteiger partial charge < -0.3 is 15.0 Å². The number of carbonyl (C=O) groups is 1. The van der Waals surface area contributed by atoms with E-state index >= 15 is 0 Å². The molecule has 0 bridgehead atoms. The predicted molar refractivity (Wildman–Crippen MR) is 107 cm³/mol. The van der Waals surface area contributed by atoms with E-state index in [0.717, 1.165) is 19.4 Å². The summed E-state index contributed by atoms with van der Waals surface area (Å²) in [6, 6.07) is 7.90. The highest BCUT2D eigenvalue weighted by Crippen LogP contribution is 2.26. The zero-order chi connectivity index (χ0) is 19.2. The predicted octanol–water partition coefficient (Wildman–Crippen LogP) is 4.29. The topological polar surface area (TPSA) is 67.4 Å². The van der Waals surface area contributed by atoms with Crippen LogP contribution in [0.15, 0.2) is 36.7 Å². The van der Waals surface area contributed by atoms with Crippen LogP contribution in [0.4, 0.5) is 11.6 Å². The lowest BCUT2D eigenvalue weighted by Crippen LogP contribution is -2.40. The first-order valence-electron chi connectivity index (χ1n) is 9.74. The molecule has 1 aromatic carbocycles. The average Bonchev–Trinajstić information content (AvgIpc) is 2.69. The summed E-state index contributed by atoms with van der Waals surface area (Å²) in [5.41, 5.74) is 1.07. The van der Waals surface area contributed by atoms with E-state index < -0.39 is 0 Å². The van der Waals surface area contributed by atoms with Crippen LogP contribution in [0.5, 0.6) is 5.75 Å². The Bertz CT molecular complexity index is 761. The van der Waals surface area contributed by atoms with Gasteiger partial charge >= 0.3 is 0 Å². The average molecular weight is 368 g/mol. The molecular formula is C21H28N4O2. The molecule has 1 fully saturated rings. The van der Waals surface area contributed by atoms with Crippen LogP contribution in [0.2, 0.25) is 0 Å². The van der Waals surface area contributed by atoms with Crippen LogP contribution in [0.1, 0.15) is 56.8 Å². The SMILES string of the molecule is CCC1CCCCN1c1ncc(C(=O)Nc2ccccc2OC(C)C)cn1.